The number of carbonyl (C=O) groups excluding carboxylic acids is 1. The number of halogens is 1. The number of anilines is 1. The quantitative estimate of drug-likeness (QED) is 0.882. The third kappa shape index (κ3) is 2.96. The summed E-state index contributed by atoms with van der Waals surface area (Å²) in [6.07, 6.45) is 1.71. The Balaban J connectivity index is 1.73. The van der Waals surface area contributed by atoms with Crippen molar-refractivity contribution < 1.29 is 4.79 Å². The number of benzene rings is 1. The molecule has 1 unspecified atom stereocenters. The van der Waals surface area contributed by atoms with Gasteiger partial charge in [0, 0.05) is 24.4 Å². The molecule has 0 saturated carbocycles. The van der Waals surface area contributed by atoms with Gasteiger partial charge >= 0.3 is 0 Å². The maximum Gasteiger partial charge on any atom is 0.254 e. The lowest BCUT2D eigenvalue weighted by atomic mass is 10.2. The highest BCUT2D eigenvalue weighted by Gasteiger charge is 2.26. The molecule has 21 heavy (non-hydrogen) atoms. The maximum absolute atomic E-state index is 12.1. The van der Waals surface area contributed by atoms with Crippen LogP contribution in [0.5, 0.6) is 0 Å². The number of nitrogens with one attached hydrogen (secondary N) is 1. The van der Waals surface area contributed by atoms with E-state index in [0.29, 0.717) is 21.6 Å². The minimum atomic E-state index is -0.173. The standard InChI is InChI=1S/C14H12ClN3O2S/c15-10-3-1-2-4-11(10)17-12(19)7-9-8-21-14-16-6-5-13(20)18(9)14/h1-6,9H,7-8H2,(H,17,19). The molecule has 0 saturated heterocycles. The van der Waals surface area contributed by atoms with E-state index >= 15 is 0 Å². The fourth-order valence-electron chi connectivity index (χ4n) is 2.22. The lowest BCUT2D eigenvalue weighted by Crippen LogP contribution is -2.26. The lowest BCUT2D eigenvalue weighted by Gasteiger charge is -2.13. The molecular formula is C14H12ClN3O2S. The number of rotatable bonds is 3. The maximum atomic E-state index is 12.1. The number of nitrogens with zero attached hydrogens (tertiary/aromatic N) is 2. The molecule has 2 heterocycles. The third-order valence-electron chi connectivity index (χ3n) is 3.18. The van der Waals surface area contributed by atoms with Crippen LogP contribution >= 0.6 is 23.4 Å². The molecule has 1 atom stereocenters. The summed E-state index contributed by atoms with van der Waals surface area (Å²) >= 11 is 7.49. The minimum Gasteiger partial charge on any atom is -0.325 e. The van der Waals surface area contributed by atoms with Crippen molar-refractivity contribution in [2.24, 2.45) is 0 Å². The number of para-hydroxylation sites is 1. The number of carbonyl (C=O) groups is 1. The van der Waals surface area contributed by atoms with Crippen molar-refractivity contribution in [2.45, 2.75) is 17.6 Å². The van der Waals surface area contributed by atoms with Crippen molar-refractivity contribution in [3.8, 4) is 0 Å². The van der Waals surface area contributed by atoms with E-state index in [1.807, 2.05) is 0 Å². The minimum absolute atomic E-state index is 0.124. The topological polar surface area (TPSA) is 64.0 Å². The van der Waals surface area contributed by atoms with Crippen LogP contribution in [0.15, 0.2) is 46.5 Å². The van der Waals surface area contributed by atoms with Gasteiger partial charge in [-0.2, -0.15) is 0 Å². The molecule has 0 spiro atoms. The van der Waals surface area contributed by atoms with Gasteiger partial charge in [0.25, 0.3) is 5.56 Å². The summed E-state index contributed by atoms with van der Waals surface area (Å²) in [5, 5.41) is 3.93. The lowest BCUT2D eigenvalue weighted by molar-refractivity contribution is -0.116. The molecule has 1 aromatic heterocycles. The van der Waals surface area contributed by atoms with Gasteiger partial charge in [0.15, 0.2) is 5.16 Å². The van der Waals surface area contributed by atoms with E-state index in [0.717, 1.165) is 0 Å². The highest BCUT2D eigenvalue weighted by Crippen LogP contribution is 2.32. The number of hydrogen-bond acceptors (Lipinski definition) is 4. The summed E-state index contributed by atoms with van der Waals surface area (Å²) in [6.45, 7) is 0. The van der Waals surface area contributed by atoms with Crippen LogP contribution in [-0.4, -0.2) is 21.2 Å². The van der Waals surface area contributed by atoms with Gasteiger partial charge in [-0.15, -0.1) is 0 Å². The smallest absolute Gasteiger partial charge is 0.254 e. The molecule has 0 bridgehead atoms. The van der Waals surface area contributed by atoms with Gasteiger partial charge in [-0.05, 0) is 12.1 Å². The van der Waals surface area contributed by atoms with Gasteiger partial charge in [0.05, 0.1) is 16.8 Å². The molecule has 1 aliphatic heterocycles. The fraction of sp³-hybridized carbons (Fsp3) is 0.214. The molecule has 1 aliphatic rings. The summed E-state index contributed by atoms with van der Waals surface area (Å²) in [7, 11) is 0. The Morgan fingerprint density at radius 1 is 1.43 bits per heavy atom. The van der Waals surface area contributed by atoms with E-state index in [2.05, 4.69) is 10.3 Å². The first-order valence-corrected chi connectivity index (χ1v) is 7.76. The molecule has 3 rings (SSSR count). The molecule has 1 aromatic carbocycles. The van der Waals surface area contributed by atoms with Crippen LogP contribution in [0, 0.1) is 0 Å². The Bertz CT molecular complexity index is 747. The van der Waals surface area contributed by atoms with E-state index in [1.54, 1.807) is 28.8 Å². The monoisotopic (exact) mass is 321 g/mol. The van der Waals surface area contributed by atoms with Gasteiger partial charge in [-0.3, -0.25) is 14.2 Å². The van der Waals surface area contributed by atoms with Crippen LogP contribution in [0.3, 0.4) is 0 Å². The fourth-order valence-corrected chi connectivity index (χ4v) is 3.52. The average Bonchev–Trinajstić information content (AvgIpc) is 2.86. The van der Waals surface area contributed by atoms with Crippen molar-refractivity contribution in [1.29, 1.82) is 0 Å². The Morgan fingerprint density at radius 3 is 3.05 bits per heavy atom. The second-order valence-corrected chi connectivity index (χ2v) is 6.03. The van der Waals surface area contributed by atoms with E-state index in [4.69, 9.17) is 11.6 Å². The highest BCUT2D eigenvalue weighted by atomic mass is 35.5. The zero-order valence-electron chi connectivity index (χ0n) is 11.0. The van der Waals surface area contributed by atoms with Crippen LogP contribution in [0.4, 0.5) is 5.69 Å². The Kier molecular flexibility index (Phi) is 3.98. The Hall–Kier alpha value is -1.79. The summed E-state index contributed by atoms with van der Waals surface area (Å²) in [4.78, 5) is 28.1. The highest BCUT2D eigenvalue weighted by molar-refractivity contribution is 7.99. The van der Waals surface area contributed by atoms with E-state index in [1.165, 1.54) is 24.0 Å². The van der Waals surface area contributed by atoms with Gasteiger partial charge in [-0.25, -0.2) is 4.98 Å². The largest absolute Gasteiger partial charge is 0.325 e. The van der Waals surface area contributed by atoms with Gasteiger partial charge in [0.2, 0.25) is 5.91 Å². The van der Waals surface area contributed by atoms with E-state index in [-0.39, 0.29) is 23.9 Å². The number of amides is 1. The van der Waals surface area contributed by atoms with Crippen LogP contribution in [-0.2, 0) is 4.79 Å². The predicted octanol–water partition coefficient (Wildman–Crippen LogP) is 2.57. The molecule has 5 nitrogen and oxygen atoms in total. The number of aromatic nitrogens is 2. The Morgan fingerprint density at radius 2 is 2.24 bits per heavy atom. The first kappa shape index (κ1) is 14.2. The van der Waals surface area contributed by atoms with E-state index < -0.39 is 0 Å². The molecule has 108 valence electrons. The van der Waals surface area contributed by atoms with Crippen LogP contribution in [0.1, 0.15) is 12.5 Å². The third-order valence-corrected chi connectivity index (χ3v) is 4.63. The van der Waals surface area contributed by atoms with E-state index in [9.17, 15) is 9.59 Å². The normalized spacial score (nSPS) is 16.5. The first-order valence-electron chi connectivity index (χ1n) is 6.40. The number of fused-ring (bicyclic) bond motifs is 1. The van der Waals surface area contributed by atoms with Crippen molar-refractivity contribution >= 4 is 35.0 Å². The molecule has 1 N–H and O–H groups in total. The summed E-state index contributed by atoms with van der Waals surface area (Å²) in [5.41, 5.74) is 0.453. The zero-order valence-corrected chi connectivity index (χ0v) is 12.5. The van der Waals surface area contributed by atoms with Gasteiger partial charge < -0.3 is 5.32 Å². The van der Waals surface area contributed by atoms with Crippen molar-refractivity contribution in [3.63, 3.8) is 0 Å². The second kappa shape index (κ2) is 5.91. The van der Waals surface area contributed by atoms with Crippen molar-refractivity contribution in [3.05, 3.63) is 51.9 Å². The molecule has 0 fully saturated rings. The molecular weight excluding hydrogens is 310 g/mol. The molecule has 0 radical (unpaired) electrons. The van der Waals surface area contributed by atoms with Crippen LogP contribution in [0.2, 0.25) is 5.02 Å². The predicted molar refractivity (Wildman–Crippen MR) is 83.0 cm³/mol. The summed E-state index contributed by atoms with van der Waals surface area (Å²) < 4.78 is 1.58. The first-order chi connectivity index (χ1) is 10.1. The Labute approximate surface area is 130 Å². The SMILES string of the molecule is O=C(CC1CSc2nccc(=O)n21)Nc1ccccc1Cl. The van der Waals surface area contributed by atoms with Crippen molar-refractivity contribution in [1.82, 2.24) is 9.55 Å². The van der Waals surface area contributed by atoms with Gasteiger partial charge in [-0.1, -0.05) is 35.5 Å². The summed E-state index contributed by atoms with van der Waals surface area (Å²) in [5.74, 6) is 0.500. The summed E-state index contributed by atoms with van der Waals surface area (Å²) in [6, 6.07) is 8.30. The van der Waals surface area contributed by atoms with Gasteiger partial charge in [0.1, 0.15) is 0 Å². The van der Waals surface area contributed by atoms with Crippen molar-refractivity contribution in [2.75, 3.05) is 11.1 Å². The number of hydrogen-bond donors (Lipinski definition) is 1. The second-order valence-electron chi connectivity index (χ2n) is 4.63. The van der Waals surface area contributed by atoms with Crippen LogP contribution in [0.25, 0.3) is 0 Å². The zero-order chi connectivity index (χ0) is 14.8. The molecule has 7 heteroatoms. The van der Waals surface area contributed by atoms with Crippen LogP contribution < -0.4 is 10.9 Å². The molecule has 2 aromatic rings. The number of thioether (sulfide) groups is 1. The molecule has 1 amide bonds. The average molecular weight is 322 g/mol. The molecule has 0 aliphatic carbocycles.